The van der Waals surface area contributed by atoms with Crippen molar-refractivity contribution in [3.05, 3.63) is 47.8 Å². The van der Waals surface area contributed by atoms with Gasteiger partial charge in [0.2, 0.25) is 0 Å². The van der Waals surface area contributed by atoms with Crippen LogP contribution in [0.3, 0.4) is 0 Å². The van der Waals surface area contributed by atoms with Gasteiger partial charge in [-0.1, -0.05) is 12.1 Å². The first-order chi connectivity index (χ1) is 12.3. The van der Waals surface area contributed by atoms with Crippen molar-refractivity contribution in [2.75, 3.05) is 26.3 Å². The highest BCUT2D eigenvalue weighted by Gasteiger charge is 2.23. The Kier molecular flexibility index (Phi) is 4.81. The highest BCUT2D eigenvalue weighted by atomic mass is 32.2. The van der Waals surface area contributed by atoms with E-state index < -0.39 is 21.9 Å². The molecule has 10 heteroatoms. The summed E-state index contributed by atoms with van der Waals surface area (Å²) in [6.07, 6.45) is 1.08. The number of morpholine rings is 1. The Morgan fingerprint density at radius 3 is 2.23 bits per heavy atom. The molecule has 3 N–H and O–H groups in total. The van der Waals surface area contributed by atoms with Gasteiger partial charge in [-0.25, -0.2) is 13.9 Å². The second-order valence-electron chi connectivity index (χ2n) is 5.71. The van der Waals surface area contributed by atoms with Crippen LogP contribution < -0.4 is 5.14 Å². The fraction of sp³-hybridized carbons (Fsp3) is 0.250. The molecule has 0 spiro atoms. The fourth-order valence-corrected chi connectivity index (χ4v) is 3.47. The molecule has 0 unspecified atom stereocenters. The average Bonchev–Trinajstić information content (AvgIpc) is 3.08. The highest BCUT2D eigenvalue weighted by Crippen LogP contribution is 2.26. The number of aromatic carboxylic acids is 1. The van der Waals surface area contributed by atoms with Crippen LogP contribution in [-0.4, -0.2) is 60.6 Å². The van der Waals surface area contributed by atoms with Crippen molar-refractivity contribution in [2.45, 2.75) is 0 Å². The van der Waals surface area contributed by atoms with E-state index in [2.05, 4.69) is 0 Å². The van der Waals surface area contributed by atoms with Gasteiger partial charge in [-0.05, 0) is 23.8 Å². The van der Waals surface area contributed by atoms with Crippen molar-refractivity contribution in [3.8, 4) is 11.1 Å². The number of amides is 1. The highest BCUT2D eigenvalue weighted by molar-refractivity contribution is 7.87. The lowest BCUT2D eigenvalue weighted by molar-refractivity contribution is 0.0303. The molecular formula is C16H17N3O6S. The minimum Gasteiger partial charge on any atom is -0.477 e. The molecule has 26 heavy (non-hydrogen) atoms. The van der Waals surface area contributed by atoms with Gasteiger partial charge in [-0.2, -0.15) is 8.42 Å². The standard InChI is InChI=1S/C16H17N3O6S/c17-26(23,24)19-6-5-13(14(19)16(21)22)11-1-3-12(4-2-11)15(20)18-7-9-25-10-8-18/h1-6H,7-10H2,(H,21,22)(H2,17,23,24). The summed E-state index contributed by atoms with van der Waals surface area (Å²) in [6.45, 7) is 2.02. The van der Waals surface area contributed by atoms with E-state index in [4.69, 9.17) is 9.88 Å². The Morgan fingerprint density at radius 2 is 1.69 bits per heavy atom. The third-order valence-electron chi connectivity index (χ3n) is 4.07. The number of carboxylic acids is 1. The molecule has 0 bridgehead atoms. The Hall–Kier alpha value is -2.69. The first kappa shape index (κ1) is 18.1. The van der Waals surface area contributed by atoms with E-state index in [9.17, 15) is 23.1 Å². The zero-order chi connectivity index (χ0) is 18.9. The summed E-state index contributed by atoms with van der Waals surface area (Å²) in [4.78, 5) is 25.6. The van der Waals surface area contributed by atoms with Crippen molar-refractivity contribution < 1.29 is 27.9 Å². The first-order valence-electron chi connectivity index (χ1n) is 7.74. The molecule has 1 aromatic carbocycles. The van der Waals surface area contributed by atoms with Crippen LogP contribution in [0.4, 0.5) is 0 Å². The molecule has 1 fully saturated rings. The van der Waals surface area contributed by atoms with E-state index in [-0.39, 0.29) is 11.5 Å². The van der Waals surface area contributed by atoms with Crippen LogP contribution in [0, 0.1) is 0 Å². The maximum absolute atomic E-state index is 12.4. The molecule has 0 aliphatic carbocycles. The molecule has 2 heterocycles. The summed E-state index contributed by atoms with van der Waals surface area (Å²) in [6, 6.07) is 7.65. The molecule has 9 nitrogen and oxygen atoms in total. The lowest BCUT2D eigenvalue weighted by Gasteiger charge is -2.26. The van der Waals surface area contributed by atoms with Gasteiger partial charge in [-0.3, -0.25) is 4.79 Å². The van der Waals surface area contributed by atoms with Crippen LogP contribution >= 0.6 is 0 Å². The molecule has 0 saturated carbocycles. The summed E-state index contributed by atoms with van der Waals surface area (Å²) in [5.41, 5.74) is 0.651. The third-order valence-corrected chi connectivity index (χ3v) is 4.92. The normalized spacial score (nSPS) is 15.0. The smallest absolute Gasteiger partial charge is 0.354 e. The molecular weight excluding hydrogens is 362 g/mol. The monoisotopic (exact) mass is 379 g/mol. The van der Waals surface area contributed by atoms with Crippen molar-refractivity contribution in [3.63, 3.8) is 0 Å². The Labute approximate surface area is 149 Å². The topological polar surface area (TPSA) is 132 Å². The van der Waals surface area contributed by atoms with E-state index in [1.807, 2.05) is 0 Å². The molecule has 0 atom stereocenters. The quantitative estimate of drug-likeness (QED) is 0.789. The van der Waals surface area contributed by atoms with Gasteiger partial charge in [0.05, 0.1) is 13.2 Å². The number of rotatable bonds is 4. The van der Waals surface area contributed by atoms with Gasteiger partial charge >= 0.3 is 16.2 Å². The molecule has 2 aromatic rings. The minimum atomic E-state index is -4.24. The molecule has 0 radical (unpaired) electrons. The van der Waals surface area contributed by atoms with E-state index in [1.54, 1.807) is 29.2 Å². The van der Waals surface area contributed by atoms with Gasteiger partial charge in [0.25, 0.3) is 5.91 Å². The van der Waals surface area contributed by atoms with Gasteiger partial charge in [0.15, 0.2) is 5.69 Å². The molecule has 138 valence electrons. The maximum atomic E-state index is 12.4. The van der Waals surface area contributed by atoms with Gasteiger partial charge in [0.1, 0.15) is 0 Å². The molecule has 1 aliphatic rings. The lowest BCUT2D eigenvalue weighted by Crippen LogP contribution is -2.40. The van der Waals surface area contributed by atoms with E-state index in [1.165, 1.54) is 6.07 Å². The minimum absolute atomic E-state index is 0.139. The second kappa shape index (κ2) is 6.90. The number of carbonyl (C=O) groups is 2. The van der Waals surface area contributed by atoms with Crippen molar-refractivity contribution in [1.82, 2.24) is 8.87 Å². The van der Waals surface area contributed by atoms with Gasteiger partial charge < -0.3 is 14.7 Å². The maximum Gasteiger partial charge on any atom is 0.354 e. The van der Waals surface area contributed by atoms with Crippen LogP contribution in [0.2, 0.25) is 0 Å². The number of aromatic nitrogens is 1. The predicted molar refractivity (Wildman–Crippen MR) is 92.1 cm³/mol. The number of benzene rings is 1. The predicted octanol–water partition coefficient (Wildman–Crippen LogP) is 0.377. The summed E-state index contributed by atoms with van der Waals surface area (Å²) in [7, 11) is -4.24. The first-order valence-corrected chi connectivity index (χ1v) is 9.25. The van der Waals surface area contributed by atoms with Crippen LogP contribution in [0.15, 0.2) is 36.5 Å². The zero-order valence-electron chi connectivity index (χ0n) is 13.7. The number of nitrogens with two attached hydrogens (primary N) is 1. The number of carboxylic acid groups (broad SMARTS) is 1. The van der Waals surface area contributed by atoms with E-state index in [0.29, 0.717) is 41.4 Å². The second-order valence-corrected chi connectivity index (χ2v) is 7.13. The summed E-state index contributed by atoms with van der Waals surface area (Å²) < 4.78 is 28.8. The summed E-state index contributed by atoms with van der Waals surface area (Å²) in [5, 5.41) is 14.4. The molecule has 1 aromatic heterocycles. The molecule has 1 aliphatic heterocycles. The SMILES string of the molecule is NS(=O)(=O)n1ccc(-c2ccc(C(=O)N3CCOCC3)cc2)c1C(=O)O. The Bertz CT molecular complexity index is 943. The summed E-state index contributed by atoms with van der Waals surface area (Å²) >= 11 is 0. The Morgan fingerprint density at radius 1 is 1.08 bits per heavy atom. The van der Waals surface area contributed by atoms with Crippen molar-refractivity contribution >= 4 is 22.1 Å². The van der Waals surface area contributed by atoms with E-state index >= 15 is 0 Å². The van der Waals surface area contributed by atoms with Gasteiger partial charge in [-0.15, -0.1) is 0 Å². The number of hydrogen-bond acceptors (Lipinski definition) is 5. The number of nitrogens with zero attached hydrogens (tertiary/aromatic N) is 2. The third kappa shape index (κ3) is 3.47. The molecule has 3 rings (SSSR count). The zero-order valence-corrected chi connectivity index (χ0v) is 14.5. The van der Waals surface area contributed by atoms with Crippen LogP contribution in [0.5, 0.6) is 0 Å². The van der Waals surface area contributed by atoms with Crippen LogP contribution in [0.25, 0.3) is 11.1 Å². The Balaban J connectivity index is 1.93. The van der Waals surface area contributed by atoms with Crippen molar-refractivity contribution in [1.29, 1.82) is 0 Å². The lowest BCUT2D eigenvalue weighted by atomic mass is 10.0. The van der Waals surface area contributed by atoms with E-state index in [0.717, 1.165) is 6.20 Å². The number of ether oxygens (including phenoxy) is 1. The van der Waals surface area contributed by atoms with Gasteiger partial charge in [0, 0.05) is 30.4 Å². The summed E-state index contributed by atoms with van der Waals surface area (Å²) in [5.74, 6) is -1.56. The van der Waals surface area contributed by atoms with Crippen molar-refractivity contribution in [2.24, 2.45) is 5.14 Å². The average molecular weight is 379 g/mol. The molecule has 1 saturated heterocycles. The van der Waals surface area contributed by atoms with Crippen LogP contribution in [0.1, 0.15) is 20.8 Å². The van der Waals surface area contributed by atoms with Crippen LogP contribution in [-0.2, 0) is 14.9 Å². The largest absolute Gasteiger partial charge is 0.477 e. The number of carbonyl (C=O) groups excluding carboxylic acids is 1. The fourth-order valence-electron chi connectivity index (χ4n) is 2.81. The molecule has 1 amide bonds. The number of hydrogen-bond donors (Lipinski definition) is 2.